The largest absolute Gasteiger partial charge is 0.388 e. The van der Waals surface area contributed by atoms with Gasteiger partial charge in [-0.05, 0) is 56.4 Å². The van der Waals surface area contributed by atoms with E-state index in [2.05, 4.69) is 51.7 Å². The SMILES string of the molecule is CC(CCc1ccccc1)N1CCC(O)(Cn2ccc3nc(Cl)ccc32)CC1. The minimum absolute atomic E-state index is 0.502. The maximum atomic E-state index is 11.2. The Morgan fingerprint density at radius 1 is 1.11 bits per heavy atom. The number of pyridine rings is 1. The summed E-state index contributed by atoms with van der Waals surface area (Å²) in [6.45, 7) is 4.79. The van der Waals surface area contributed by atoms with Gasteiger partial charge >= 0.3 is 0 Å². The van der Waals surface area contributed by atoms with E-state index in [4.69, 9.17) is 11.6 Å². The van der Waals surface area contributed by atoms with Crippen LogP contribution in [0.1, 0.15) is 31.7 Å². The quantitative estimate of drug-likeness (QED) is 0.621. The molecule has 1 unspecified atom stereocenters. The monoisotopic (exact) mass is 397 g/mol. The van der Waals surface area contributed by atoms with Crippen LogP contribution >= 0.6 is 11.6 Å². The van der Waals surface area contributed by atoms with Crippen molar-refractivity contribution in [1.82, 2.24) is 14.5 Å². The van der Waals surface area contributed by atoms with E-state index in [0.717, 1.165) is 49.8 Å². The highest BCUT2D eigenvalue weighted by atomic mass is 35.5. The van der Waals surface area contributed by atoms with Gasteiger partial charge in [0.25, 0.3) is 0 Å². The summed E-state index contributed by atoms with van der Waals surface area (Å²) >= 11 is 5.98. The van der Waals surface area contributed by atoms with Gasteiger partial charge in [-0.2, -0.15) is 0 Å². The summed E-state index contributed by atoms with van der Waals surface area (Å²) in [5.74, 6) is 0. The van der Waals surface area contributed by atoms with Gasteiger partial charge < -0.3 is 14.6 Å². The Morgan fingerprint density at radius 3 is 2.61 bits per heavy atom. The summed E-state index contributed by atoms with van der Waals surface area (Å²) in [5.41, 5.74) is 2.64. The van der Waals surface area contributed by atoms with Crippen molar-refractivity contribution in [3.8, 4) is 0 Å². The van der Waals surface area contributed by atoms with Crippen LogP contribution in [0.25, 0.3) is 11.0 Å². The molecule has 1 N–H and O–H groups in total. The van der Waals surface area contributed by atoms with Gasteiger partial charge in [0, 0.05) is 25.3 Å². The van der Waals surface area contributed by atoms with E-state index in [-0.39, 0.29) is 0 Å². The summed E-state index contributed by atoms with van der Waals surface area (Å²) in [6, 6.07) is 17.0. The topological polar surface area (TPSA) is 41.3 Å². The molecule has 3 heterocycles. The van der Waals surface area contributed by atoms with Crippen molar-refractivity contribution in [3.05, 3.63) is 65.4 Å². The summed E-state index contributed by atoms with van der Waals surface area (Å²) in [6.07, 6.45) is 5.85. The standard InChI is InChI=1S/C23H28ClN3O/c1-18(7-8-19-5-3-2-4-6-19)26-15-12-23(28,13-16-26)17-27-14-11-20-21(27)9-10-22(24)25-20/h2-6,9-11,14,18,28H,7-8,12-13,15-17H2,1H3. The van der Waals surface area contributed by atoms with Crippen molar-refractivity contribution < 1.29 is 5.11 Å². The lowest BCUT2D eigenvalue weighted by Gasteiger charge is -2.41. The molecule has 1 aliphatic heterocycles. The first-order valence-corrected chi connectivity index (χ1v) is 10.5. The average molecular weight is 398 g/mol. The Balaban J connectivity index is 1.33. The molecule has 0 amide bonds. The van der Waals surface area contributed by atoms with Crippen molar-refractivity contribution in [2.75, 3.05) is 13.1 Å². The number of hydrogen-bond acceptors (Lipinski definition) is 3. The van der Waals surface area contributed by atoms with Gasteiger partial charge in [-0.15, -0.1) is 0 Å². The molecule has 5 heteroatoms. The Labute approximate surface area is 171 Å². The third-order valence-electron chi connectivity index (χ3n) is 6.10. The normalized spacial score (nSPS) is 18.4. The lowest BCUT2D eigenvalue weighted by Crippen LogP contribution is -2.49. The van der Waals surface area contributed by atoms with Crippen LogP contribution in [0.5, 0.6) is 0 Å². The lowest BCUT2D eigenvalue weighted by atomic mass is 9.90. The Morgan fingerprint density at radius 2 is 1.86 bits per heavy atom. The fourth-order valence-electron chi connectivity index (χ4n) is 4.25. The van der Waals surface area contributed by atoms with Crippen LogP contribution in [-0.4, -0.2) is 44.3 Å². The summed E-state index contributed by atoms with van der Waals surface area (Å²) in [5, 5.41) is 11.7. The first-order chi connectivity index (χ1) is 13.5. The van der Waals surface area contributed by atoms with Crippen molar-refractivity contribution in [2.24, 2.45) is 0 Å². The van der Waals surface area contributed by atoms with Gasteiger partial charge in [0.2, 0.25) is 0 Å². The molecule has 148 valence electrons. The van der Waals surface area contributed by atoms with Gasteiger partial charge in [-0.1, -0.05) is 41.9 Å². The number of aryl methyl sites for hydroxylation is 1. The summed E-state index contributed by atoms with van der Waals surface area (Å²) in [4.78, 5) is 6.87. The number of hydrogen-bond donors (Lipinski definition) is 1. The van der Waals surface area contributed by atoms with Gasteiger partial charge in [0.15, 0.2) is 0 Å². The Kier molecular flexibility index (Phi) is 5.72. The van der Waals surface area contributed by atoms with E-state index in [0.29, 0.717) is 17.7 Å². The van der Waals surface area contributed by atoms with Crippen LogP contribution in [0.15, 0.2) is 54.7 Å². The molecule has 2 aromatic heterocycles. The zero-order chi connectivity index (χ0) is 19.6. The summed E-state index contributed by atoms with van der Waals surface area (Å²) < 4.78 is 2.10. The average Bonchev–Trinajstić information content (AvgIpc) is 3.08. The second kappa shape index (κ2) is 8.24. The number of piperidine rings is 1. The Bertz CT molecular complexity index is 916. The van der Waals surface area contributed by atoms with Crippen molar-refractivity contribution in [2.45, 2.75) is 50.8 Å². The minimum atomic E-state index is -0.665. The molecule has 3 aromatic rings. The highest BCUT2D eigenvalue weighted by Gasteiger charge is 2.34. The van der Waals surface area contributed by atoms with Crippen LogP contribution in [0, 0.1) is 0 Å². The molecule has 4 rings (SSSR count). The van der Waals surface area contributed by atoms with Crippen LogP contribution in [0.2, 0.25) is 5.15 Å². The van der Waals surface area contributed by atoms with Gasteiger partial charge in [0.1, 0.15) is 5.15 Å². The predicted molar refractivity (Wildman–Crippen MR) is 115 cm³/mol. The third-order valence-corrected chi connectivity index (χ3v) is 6.31. The maximum absolute atomic E-state index is 11.2. The Hall–Kier alpha value is -1.88. The number of likely N-dealkylation sites (tertiary alicyclic amines) is 1. The molecule has 28 heavy (non-hydrogen) atoms. The smallest absolute Gasteiger partial charge is 0.129 e. The molecule has 0 spiro atoms. The number of nitrogens with zero attached hydrogens (tertiary/aromatic N) is 3. The van der Waals surface area contributed by atoms with Crippen LogP contribution in [-0.2, 0) is 13.0 Å². The molecule has 1 aromatic carbocycles. The van der Waals surface area contributed by atoms with Crippen molar-refractivity contribution in [3.63, 3.8) is 0 Å². The molecular weight excluding hydrogens is 370 g/mol. The fraction of sp³-hybridized carbons (Fsp3) is 0.435. The molecule has 0 radical (unpaired) electrons. The second-order valence-electron chi connectivity index (χ2n) is 8.12. The van der Waals surface area contributed by atoms with E-state index in [9.17, 15) is 5.11 Å². The molecule has 0 aliphatic carbocycles. The molecule has 1 aliphatic rings. The van der Waals surface area contributed by atoms with Crippen LogP contribution < -0.4 is 0 Å². The highest BCUT2D eigenvalue weighted by molar-refractivity contribution is 6.29. The van der Waals surface area contributed by atoms with E-state index in [1.54, 1.807) is 0 Å². The van der Waals surface area contributed by atoms with Crippen molar-refractivity contribution >= 4 is 22.6 Å². The lowest BCUT2D eigenvalue weighted by molar-refractivity contribution is -0.0411. The number of halogens is 1. The first-order valence-electron chi connectivity index (χ1n) is 10.1. The molecule has 1 saturated heterocycles. The first kappa shape index (κ1) is 19.4. The molecule has 0 bridgehead atoms. The van der Waals surface area contributed by atoms with E-state index in [1.807, 2.05) is 24.4 Å². The fourth-order valence-corrected chi connectivity index (χ4v) is 4.40. The van der Waals surface area contributed by atoms with Gasteiger partial charge in [-0.3, -0.25) is 0 Å². The predicted octanol–water partition coefficient (Wildman–Crippen LogP) is 4.54. The zero-order valence-electron chi connectivity index (χ0n) is 16.4. The highest BCUT2D eigenvalue weighted by Crippen LogP contribution is 2.28. The number of benzene rings is 1. The molecule has 4 nitrogen and oxygen atoms in total. The number of fused-ring (bicyclic) bond motifs is 1. The maximum Gasteiger partial charge on any atom is 0.129 e. The molecule has 1 fully saturated rings. The third kappa shape index (κ3) is 4.40. The molecule has 1 atom stereocenters. The van der Waals surface area contributed by atoms with Gasteiger partial charge in [0.05, 0.1) is 23.2 Å². The van der Waals surface area contributed by atoms with Crippen LogP contribution in [0.4, 0.5) is 0 Å². The minimum Gasteiger partial charge on any atom is -0.388 e. The van der Waals surface area contributed by atoms with Crippen LogP contribution in [0.3, 0.4) is 0 Å². The van der Waals surface area contributed by atoms with E-state index in [1.165, 1.54) is 5.56 Å². The molecule has 0 saturated carbocycles. The summed E-state index contributed by atoms with van der Waals surface area (Å²) in [7, 11) is 0. The van der Waals surface area contributed by atoms with E-state index >= 15 is 0 Å². The van der Waals surface area contributed by atoms with Gasteiger partial charge in [-0.25, -0.2) is 4.98 Å². The number of aliphatic hydroxyl groups is 1. The number of aromatic nitrogens is 2. The van der Waals surface area contributed by atoms with Crippen molar-refractivity contribution in [1.29, 1.82) is 0 Å². The number of rotatable bonds is 6. The zero-order valence-corrected chi connectivity index (χ0v) is 17.1. The second-order valence-corrected chi connectivity index (χ2v) is 8.50. The van der Waals surface area contributed by atoms with E-state index < -0.39 is 5.60 Å². The molecular formula is C23H28ClN3O.